The minimum Gasteiger partial charge on any atom is -0.508 e. The molecule has 0 bridgehead atoms. The molecule has 13 heteroatoms. The van der Waals surface area contributed by atoms with Gasteiger partial charge in [0, 0.05) is 29.9 Å². The average molecular weight is 624 g/mol. The lowest BCUT2D eigenvalue weighted by Gasteiger charge is -2.25. The number of carbonyl (C=O) groups excluding carboxylic acids is 3. The fourth-order valence-corrected chi connectivity index (χ4v) is 5.02. The monoisotopic (exact) mass is 623 g/mol. The summed E-state index contributed by atoms with van der Waals surface area (Å²) in [5, 5.41) is 28.4. The zero-order valence-electron chi connectivity index (χ0n) is 25.3. The molecule has 0 aliphatic heterocycles. The summed E-state index contributed by atoms with van der Waals surface area (Å²) in [6.07, 6.45) is 4.97. The van der Waals surface area contributed by atoms with Crippen molar-refractivity contribution < 1.29 is 29.4 Å². The van der Waals surface area contributed by atoms with Crippen molar-refractivity contribution in [3.63, 3.8) is 0 Å². The molecule has 12 N–H and O–H groups in total. The zero-order chi connectivity index (χ0) is 32.8. The second kappa shape index (κ2) is 17.7. The summed E-state index contributed by atoms with van der Waals surface area (Å²) in [5.74, 6) is -3.02. The van der Waals surface area contributed by atoms with Crippen LogP contribution in [0.2, 0.25) is 0 Å². The number of aromatic hydroxyl groups is 1. The van der Waals surface area contributed by atoms with Crippen molar-refractivity contribution in [3.8, 4) is 5.75 Å². The number of aliphatic carboxylic acids is 1. The van der Waals surface area contributed by atoms with E-state index in [2.05, 4.69) is 20.9 Å². The molecule has 4 atom stereocenters. The highest BCUT2D eigenvalue weighted by molar-refractivity contribution is 5.95. The first-order valence-corrected chi connectivity index (χ1v) is 15.3. The summed E-state index contributed by atoms with van der Waals surface area (Å²) < 4.78 is 0. The highest BCUT2D eigenvalue weighted by atomic mass is 16.4. The molecule has 0 fully saturated rings. The zero-order valence-corrected chi connectivity index (χ0v) is 25.3. The molecule has 0 spiro atoms. The SMILES string of the molecule is NCCCCC(N)C(=O)NC(CCCCN)C(=O)NC(Cc1c[nH]c2ccccc12)C(=O)NC(Cc1ccc(O)cc1)C(=O)O. The number of nitrogens with two attached hydrogens (primary N) is 3. The normalized spacial score (nSPS) is 13.8. The Morgan fingerprint density at radius 3 is 2.00 bits per heavy atom. The number of phenols is 1. The molecule has 1 heterocycles. The lowest BCUT2D eigenvalue weighted by Crippen LogP contribution is -2.57. The molecule has 0 saturated heterocycles. The van der Waals surface area contributed by atoms with E-state index in [0.717, 1.165) is 22.9 Å². The number of aromatic amines is 1. The van der Waals surface area contributed by atoms with Gasteiger partial charge in [0.1, 0.15) is 23.9 Å². The van der Waals surface area contributed by atoms with Crippen molar-refractivity contribution >= 4 is 34.6 Å². The third kappa shape index (κ3) is 10.9. The van der Waals surface area contributed by atoms with Gasteiger partial charge < -0.3 is 48.3 Å². The number of carboxylic acids is 1. The van der Waals surface area contributed by atoms with E-state index in [4.69, 9.17) is 17.2 Å². The van der Waals surface area contributed by atoms with Crippen LogP contribution < -0.4 is 33.2 Å². The van der Waals surface area contributed by atoms with Crippen LogP contribution >= 0.6 is 0 Å². The molecule has 4 unspecified atom stereocenters. The van der Waals surface area contributed by atoms with Gasteiger partial charge in [-0.05, 0) is 74.5 Å². The Morgan fingerprint density at radius 2 is 1.33 bits per heavy atom. The lowest BCUT2D eigenvalue weighted by molar-refractivity contribution is -0.142. The molecular formula is C32H45N7O6. The Hall–Kier alpha value is -4.46. The topological polar surface area (TPSA) is 239 Å². The van der Waals surface area contributed by atoms with Crippen molar-refractivity contribution in [2.75, 3.05) is 13.1 Å². The van der Waals surface area contributed by atoms with Crippen molar-refractivity contribution in [2.24, 2.45) is 17.2 Å². The van der Waals surface area contributed by atoms with E-state index >= 15 is 0 Å². The Morgan fingerprint density at radius 1 is 0.733 bits per heavy atom. The number of carbonyl (C=O) groups is 4. The summed E-state index contributed by atoms with van der Waals surface area (Å²) in [7, 11) is 0. The van der Waals surface area contributed by atoms with Gasteiger partial charge in [0.15, 0.2) is 0 Å². The number of aromatic nitrogens is 1. The van der Waals surface area contributed by atoms with Crippen molar-refractivity contribution in [2.45, 2.75) is 75.5 Å². The Bertz CT molecular complexity index is 1410. The molecule has 0 aliphatic rings. The molecule has 0 aliphatic carbocycles. The van der Waals surface area contributed by atoms with E-state index in [1.54, 1.807) is 18.3 Å². The average Bonchev–Trinajstić information content (AvgIpc) is 3.43. The van der Waals surface area contributed by atoms with Gasteiger partial charge in [0.25, 0.3) is 0 Å². The van der Waals surface area contributed by atoms with E-state index in [0.29, 0.717) is 44.3 Å². The fourth-order valence-electron chi connectivity index (χ4n) is 5.02. The second-order valence-electron chi connectivity index (χ2n) is 11.1. The predicted molar refractivity (Wildman–Crippen MR) is 171 cm³/mol. The van der Waals surface area contributed by atoms with Crippen LogP contribution in [0.5, 0.6) is 5.75 Å². The van der Waals surface area contributed by atoms with Crippen LogP contribution in [0.4, 0.5) is 0 Å². The third-order valence-electron chi connectivity index (χ3n) is 7.61. The molecule has 3 rings (SSSR count). The Balaban J connectivity index is 1.83. The number of amides is 3. The number of benzene rings is 2. The molecule has 0 saturated carbocycles. The number of para-hydroxylation sites is 1. The van der Waals surface area contributed by atoms with E-state index in [9.17, 15) is 29.4 Å². The van der Waals surface area contributed by atoms with Crippen LogP contribution in [0.15, 0.2) is 54.7 Å². The second-order valence-corrected chi connectivity index (χ2v) is 11.1. The number of fused-ring (bicyclic) bond motifs is 1. The number of carboxylic acid groups (broad SMARTS) is 1. The van der Waals surface area contributed by atoms with Crippen LogP contribution in [0.1, 0.15) is 49.7 Å². The van der Waals surface area contributed by atoms with Gasteiger partial charge in [0.05, 0.1) is 6.04 Å². The maximum absolute atomic E-state index is 13.7. The van der Waals surface area contributed by atoms with E-state index in [1.807, 2.05) is 24.3 Å². The van der Waals surface area contributed by atoms with Crippen LogP contribution in [-0.2, 0) is 32.0 Å². The number of H-pyrrole nitrogens is 1. The number of unbranched alkanes of at least 4 members (excludes halogenated alkanes) is 2. The summed E-state index contributed by atoms with van der Waals surface area (Å²) in [4.78, 5) is 55.5. The van der Waals surface area contributed by atoms with Crippen molar-refractivity contribution in [3.05, 3.63) is 65.9 Å². The number of nitrogens with one attached hydrogen (secondary N) is 4. The molecular weight excluding hydrogens is 578 g/mol. The summed E-state index contributed by atoms with van der Waals surface area (Å²) >= 11 is 0. The van der Waals surface area contributed by atoms with Gasteiger partial charge in [-0.1, -0.05) is 36.8 Å². The predicted octanol–water partition coefficient (Wildman–Crippen LogP) is 0.783. The minimum atomic E-state index is -1.31. The van der Waals surface area contributed by atoms with Crippen LogP contribution in [0.3, 0.4) is 0 Å². The standard InChI is InChI=1S/C32H45N7O6/c33-15-5-3-8-24(35)29(41)37-26(10-4-6-16-34)30(42)38-27(18-21-19-36-25-9-2-1-7-23(21)25)31(43)39-28(32(44)45)17-20-11-13-22(40)14-12-20/h1-2,7,9,11-14,19,24,26-28,36,40H,3-6,8,10,15-18,33-35H2,(H,37,41)(H,38,42)(H,39,43)(H,44,45). The smallest absolute Gasteiger partial charge is 0.326 e. The van der Waals surface area contributed by atoms with Gasteiger partial charge >= 0.3 is 5.97 Å². The minimum absolute atomic E-state index is 0.0285. The van der Waals surface area contributed by atoms with Crippen molar-refractivity contribution in [1.82, 2.24) is 20.9 Å². The summed E-state index contributed by atoms with van der Waals surface area (Å²) in [6, 6.07) is 9.17. The van der Waals surface area contributed by atoms with Gasteiger partial charge in [-0.15, -0.1) is 0 Å². The van der Waals surface area contributed by atoms with E-state index < -0.39 is 47.9 Å². The van der Waals surface area contributed by atoms with E-state index in [-0.39, 0.29) is 25.0 Å². The maximum Gasteiger partial charge on any atom is 0.326 e. The molecule has 1 aromatic heterocycles. The highest BCUT2D eigenvalue weighted by Crippen LogP contribution is 2.20. The lowest BCUT2D eigenvalue weighted by atomic mass is 10.0. The van der Waals surface area contributed by atoms with Gasteiger partial charge in [-0.2, -0.15) is 0 Å². The van der Waals surface area contributed by atoms with Gasteiger partial charge in [-0.3, -0.25) is 14.4 Å². The molecule has 0 radical (unpaired) electrons. The first kappa shape index (κ1) is 35.0. The number of phenolic OH excluding ortho intramolecular Hbond substituents is 1. The summed E-state index contributed by atoms with van der Waals surface area (Å²) in [6.45, 7) is 0.889. The Labute approximate surface area is 262 Å². The number of rotatable bonds is 19. The first-order chi connectivity index (χ1) is 21.6. The molecule has 2 aromatic carbocycles. The number of hydrogen-bond donors (Lipinski definition) is 9. The summed E-state index contributed by atoms with van der Waals surface area (Å²) in [5.41, 5.74) is 19.4. The van der Waals surface area contributed by atoms with E-state index in [1.165, 1.54) is 12.1 Å². The largest absolute Gasteiger partial charge is 0.508 e. The quantitative estimate of drug-likeness (QED) is 0.0856. The van der Waals surface area contributed by atoms with Crippen LogP contribution in [0.25, 0.3) is 10.9 Å². The maximum atomic E-state index is 13.7. The third-order valence-corrected chi connectivity index (χ3v) is 7.61. The molecule has 244 valence electrons. The van der Waals surface area contributed by atoms with Crippen molar-refractivity contribution in [1.29, 1.82) is 0 Å². The molecule has 3 amide bonds. The first-order valence-electron chi connectivity index (χ1n) is 15.3. The van der Waals surface area contributed by atoms with Crippen LogP contribution in [0, 0.1) is 0 Å². The highest BCUT2D eigenvalue weighted by Gasteiger charge is 2.31. The van der Waals surface area contributed by atoms with Gasteiger partial charge in [-0.25, -0.2) is 4.79 Å². The Kier molecular flexibility index (Phi) is 13.8. The fraction of sp³-hybridized carbons (Fsp3) is 0.438. The molecule has 45 heavy (non-hydrogen) atoms. The number of hydrogen-bond acceptors (Lipinski definition) is 8. The molecule has 3 aromatic rings. The molecule has 13 nitrogen and oxygen atoms in total. The van der Waals surface area contributed by atoms with Gasteiger partial charge in [0.2, 0.25) is 17.7 Å². The van der Waals surface area contributed by atoms with Crippen LogP contribution in [-0.4, -0.2) is 76.1 Å².